The molecule has 8 heteroatoms. The summed E-state index contributed by atoms with van der Waals surface area (Å²) in [6.07, 6.45) is -4.42. The molecule has 2 heterocycles. The van der Waals surface area contributed by atoms with Gasteiger partial charge in [0.25, 0.3) is 0 Å². The van der Waals surface area contributed by atoms with Crippen LogP contribution < -0.4 is 5.32 Å². The van der Waals surface area contributed by atoms with Gasteiger partial charge in [-0.3, -0.25) is 0 Å². The van der Waals surface area contributed by atoms with Crippen molar-refractivity contribution in [3.63, 3.8) is 0 Å². The third-order valence-electron chi connectivity index (χ3n) is 2.54. The van der Waals surface area contributed by atoms with Gasteiger partial charge in [0.2, 0.25) is 0 Å². The number of nitrogens with zero attached hydrogens (tertiary/aromatic N) is 3. The van der Waals surface area contributed by atoms with E-state index in [4.69, 9.17) is 0 Å². The Labute approximate surface area is 124 Å². The van der Waals surface area contributed by atoms with Crippen LogP contribution >= 0.6 is 11.8 Å². The maximum absolute atomic E-state index is 12.9. The first-order valence-electron chi connectivity index (χ1n) is 6.05. The minimum Gasteiger partial charge on any atom is -0.373 e. The minimum atomic E-state index is -4.42. The van der Waals surface area contributed by atoms with Crippen molar-refractivity contribution in [3.05, 3.63) is 35.2 Å². The van der Waals surface area contributed by atoms with E-state index in [1.807, 2.05) is 0 Å². The predicted molar refractivity (Wildman–Crippen MR) is 74.4 cm³/mol. The van der Waals surface area contributed by atoms with Crippen molar-refractivity contribution in [2.45, 2.75) is 30.2 Å². The SMILES string of the molecule is CNc1cc(C(F)(F)F)cc(Sc2nc(C)cc(C)n2)n1. The van der Waals surface area contributed by atoms with Crippen molar-refractivity contribution in [1.29, 1.82) is 0 Å². The summed E-state index contributed by atoms with van der Waals surface area (Å²) in [5, 5.41) is 3.19. The molecule has 2 aromatic heterocycles. The molecule has 0 aromatic carbocycles. The Kier molecular flexibility index (Phi) is 4.36. The molecule has 0 aliphatic rings. The molecule has 0 spiro atoms. The number of rotatable bonds is 3. The Morgan fingerprint density at radius 2 is 1.62 bits per heavy atom. The zero-order valence-electron chi connectivity index (χ0n) is 11.6. The second-order valence-corrected chi connectivity index (χ2v) is 5.35. The fraction of sp³-hybridized carbons (Fsp3) is 0.308. The first-order valence-corrected chi connectivity index (χ1v) is 6.87. The van der Waals surface area contributed by atoms with Crippen LogP contribution in [0.3, 0.4) is 0 Å². The van der Waals surface area contributed by atoms with Gasteiger partial charge >= 0.3 is 6.18 Å². The highest BCUT2D eigenvalue weighted by molar-refractivity contribution is 7.99. The topological polar surface area (TPSA) is 50.7 Å². The Hall–Kier alpha value is -1.83. The van der Waals surface area contributed by atoms with Gasteiger partial charge in [0.05, 0.1) is 5.56 Å². The highest BCUT2D eigenvalue weighted by Gasteiger charge is 2.31. The number of pyridine rings is 1. The zero-order chi connectivity index (χ0) is 15.6. The largest absolute Gasteiger partial charge is 0.416 e. The molecule has 0 aliphatic heterocycles. The molecule has 0 bridgehead atoms. The molecule has 1 N–H and O–H groups in total. The van der Waals surface area contributed by atoms with Crippen LogP contribution in [0.4, 0.5) is 19.0 Å². The lowest BCUT2D eigenvalue weighted by Gasteiger charge is -2.10. The maximum Gasteiger partial charge on any atom is 0.416 e. The molecule has 2 aromatic rings. The van der Waals surface area contributed by atoms with E-state index in [1.165, 1.54) is 7.05 Å². The Bertz CT molecular complexity index is 638. The van der Waals surface area contributed by atoms with Gasteiger partial charge in [0.15, 0.2) is 5.16 Å². The van der Waals surface area contributed by atoms with E-state index in [2.05, 4.69) is 20.3 Å². The van der Waals surface area contributed by atoms with Crippen molar-refractivity contribution in [2.75, 3.05) is 12.4 Å². The third kappa shape index (κ3) is 4.07. The smallest absolute Gasteiger partial charge is 0.373 e. The molecule has 0 radical (unpaired) electrons. The van der Waals surface area contributed by atoms with Crippen molar-refractivity contribution >= 4 is 17.6 Å². The van der Waals surface area contributed by atoms with Gasteiger partial charge in [0, 0.05) is 18.4 Å². The average molecular weight is 314 g/mol. The number of anilines is 1. The Morgan fingerprint density at radius 1 is 1.00 bits per heavy atom. The first kappa shape index (κ1) is 15.6. The molecule has 112 valence electrons. The maximum atomic E-state index is 12.9. The standard InChI is InChI=1S/C13H13F3N4S/c1-7-4-8(2)19-12(18-7)21-11-6-9(13(14,15)16)5-10(17-3)20-11/h4-6H,1-3H3,(H,17,20). The van der Waals surface area contributed by atoms with Gasteiger partial charge in [-0.05, 0) is 43.8 Å². The van der Waals surface area contributed by atoms with Crippen LogP contribution in [0.25, 0.3) is 0 Å². The lowest BCUT2D eigenvalue weighted by Crippen LogP contribution is -2.07. The number of aromatic nitrogens is 3. The second-order valence-electron chi connectivity index (χ2n) is 4.36. The number of hydrogen-bond donors (Lipinski definition) is 1. The molecule has 0 aliphatic carbocycles. The Balaban J connectivity index is 2.39. The van der Waals surface area contributed by atoms with Crippen molar-refractivity contribution in [2.24, 2.45) is 0 Å². The van der Waals surface area contributed by atoms with E-state index in [9.17, 15) is 13.2 Å². The highest BCUT2D eigenvalue weighted by atomic mass is 32.2. The normalized spacial score (nSPS) is 11.5. The lowest BCUT2D eigenvalue weighted by atomic mass is 10.2. The zero-order valence-corrected chi connectivity index (χ0v) is 12.4. The molecule has 2 rings (SSSR count). The molecule has 0 unspecified atom stereocenters. The van der Waals surface area contributed by atoms with Gasteiger partial charge in [-0.25, -0.2) is 15.0 Å². The van der Waals surface area contributed by atoms with Crippen LogP contribution in [-0.2, 0) is 6.18 Å². The summed E-state index contributed by atoms with van der Waals surface area (Å²) in [4.78, 5) is 12.5. The summed E-state index contributed by atoms with van der Waals surface area (Å²) in [7, 11) is 1.52. The summed E-state index contributed by atoms with van der Waals surface area (Å²) in [5.74, 6) is 0.150. The van der Waals surface area contributed by atoms with Crippen molar-refractivity contribution < 1.29 is 13.2 Å². The van der Waals surface area contributed by atoms with E-state index in [0.717, 1.165) is 35.3 Å². The van der Waals surface area contributed by atoms with Crippen molar-refractivity contribution in [1.82, 2.24) is 15.0 Å². The van der Waals surface area contributed by atoms with Gasteiger partial charge in [0.1, 0.15) is 10.8 Å². The van der Waals surface area contributed by atoms with Crippen LogP contribution in [0.15, 0.2) is 28.4 Å². The fourth-order valence-electron chi connectivity index (χ4n) is 1.68. The summed E-state index contributed by atoms with van der Waals surface area (Å²) in [5.41, 5.74) is 0.755. The van der Waals surface area contributed by atoms with Crippen LogP contribution in [0.1, 0.15) is 17.0 Å². The molecular weight excluding hydrogens is 301 g/mol. The van der Waals surface area contributed by atoms with Crippen LogP contribution in [0.5, 0.6) is 0 Å². The van der Waals surface area contributed by atoms with Crippen molar-refractivity contribution in [3.8, 4) is 0 Å². The van der Waals surface area contributed by atoms with E-state index < -0.39 is 11.7 Å². The highest BCUT2D eigenvalue weighted by Crippen LogP contribution is 2.34. The van der Waals surface area contributed by atoms with Gasteiger partial charge in [-0.2, -0.15) is 13.2 Å². The number of hydrogen-bond acceptors (Lipinski definition) is 5. The van der Waals surface area contributed by atoms with E-state index >= 15 is 0 Å². The number of aryl methyl sites for hydroxylation is 2. The molecule has 0 fully saturated rings. The molecule has 0 saturated heterocycles. The molecule has 0 saturated carbocycles. The second kappa shape index (κ2) is 5.88. The lowest BCUT2D eigenvalue weighted by molar-refractivity contribution is -0.137. The number of halogens is 3. The van der Waals surface area contributed by atoms with E-state index in [1.54, 1.807) is 19.9 Å². The Morgan fingerprint density at radius 3 is 2.14 bits per heavy atom. The molecule has 0 atom stereocenters. The van der Waals surface area contributed by atoms with Gasteiger partial charge in [-0.1, -0.05) is 0 Å². The molecule has 0 amide bonds. The summed E-state index contributed by atoms with van der Waals surface area (Å²) < 4.78 is 38.6. The van der Waals surface area contributed by atoms with Crippen LogP contribution in [0, 0.1) is 13.8 Å². The monoisotopic (exact) mass is 314 g/mol. The predicted octanol–water partition coefficient (Wildman–Crippen LogP) is 3.70. The number of alkyl halides is 3. The van der Waals surface area contributed by atoms with Gasteiger partial charge in [-0.15, -0.1) is 0 Å². The molecule has 4 nitrogen and oxygen atoms in total. The number of nitrogens with one attached hydrogen (secondary N) is 1. The summed E-state index contributed by atoms with van der Waals surface area (Å²) in [6.45, 7) is 3.61. The molecule has 21 heavy (non-hydrogen) atoms. The van der Waals surface area contributed by atoms with Gasteiger partial charge < -0.3 is 5.32 Å². The quantitative estimate of drug-likeness (QED) is 0.876. The first-order chi connectivity index (χ1) is 9.77. The minimum absolute atomic E-state index is 0.150. The fourth-order valence-corrected chi connectivity index (χ4v) is 2.58. The van der Waals surface area contributed by atoms with Crippen LogP contribution in [0.2, 0.25) is 0 Å². The third-order valence-corrected chi connectivity index (χ3v) is 3.33. The van der Waals surface area contributed by atoms with E-state index in [0.29, 0.717) is 5.16 Å². The van der Waals surface area contributed by atoms with Crippen LogP contribution in [-0.4, -0.2) is 22.0 Å². The summed E-state index contributed by atoms with van der Waals surface area (Å²) in [6, 6.07) is 3.75. The van der Waals surface area contributed by atoms with E-state index in [-0.39, 0.29) is 10.8 Å². The summed E-state index contributed by atoms with van der Waals surface area (Å²) >= 11 is 1.00. The average Bonchev–Trinajstić information content (AvgIpc) is 2.36. The molecular formula is C13H13F3N4S.